The Bertz CT molecular complexity index is 2460. The van der Waals surface area contributed by atoms with Crippen molar-refractivity contribution in [2.75, 3.05) is 22.9 Å². The molecule has 2 unspecified atom stereocenters. The van der Waals surface area contributed by atoms with Crippen molar-refractivity contribution >= 4 is 64.0 Å². The summed E-state index contributed by atoms with van der Waals surface area (Å²) in [5.74, 6) is 0. The van der Waals surface area contributed by atoms with E-state index in [0.29, 0.717) is 10.0 Å². The van der Waals surface area contributed by atoms with Crippen molar-refractivity contribution in [3.8, 4) is 11.1 Å². The molecule has 1 fully saturated rings. The molecule has 0 radical (unpaired) electrons. The Morgan fingerprint density at radius 2 is 1.15 bits per heavy atom. The SMILES string of the molecule is Cc1cc(C)c(N2CCN(c3c(C)cc(C)cc3C)C2=[P+](OC(c2ccccc2)c2cccc(Cl)c2Cl)[c-]2cc(-c3ccccc3)c3ccccc32)c(C)c1. The summed E-state index contributed by atoms with van der Waals surface area (Å²) in [5, 5.41) is 4.57. The molecule has 7 aromatic carbocycles. The topological polar surface area (TPSA) is 15.7 Å². The molecule has 0 amide bonds. The summed E-state index contributed by atoms with van der Waals surface area (Å²) in [4.78, 5) is 5.11. The number of halogens is 2. The Labute approximate surface area is 336 Å². The summed E-state index contributed by atoms with van der Waals surface area (Å²) in [6.45, 7) is 15.0. The summed E-state index contributed by atoms with van der Waals surface area (Å²) in [5.41, 5.74) is 15.4. The smallest absolute Gasteiger partial charge is 0.288 e. The lowest BCUT2D eigenvalue weighted by atomic mass is 10.0. The summed E-state index contributed by atoms with van der Waals surface area (Å²) in [6.07, 6.45) is -0.510. The summed E-state index contributed by atoms with van der Waals surface area (Å²) in [7, 11) is -1.56. The molecule has 1 heterocycles. The van der Waals surface area contributed by atoms with Crippen molar-refractivity contribution in [3.05, 3.63) is 188 Å². The molecule has 0 saturated carbocycles. The Hall–Kier alpha value is -4.76. The molecule has 1 aliphatic heterocycles. The minimum absolute atomic E-state index is 0.505. The molecule has 7 aromatic rings. The fraction of sp³-hybridized carbons (Fsp3) is 0.184. The average Bonchev–Trinajstić information content (AvgIpc) is 3.76. The normalized spacial score (nSPS) is 13.9. The lowest BCUT2D eigenvalue weighted by Crippen LogP contribution is -2.36. The summed E-state index contributed by atoms with van der Waals surface area (Å²) in [6, 6.07) is 47.4. The van der Waals surface area contributed by atoms with Crippen LogP contribution in [0.5, 0.6) is 0 Å². The van der Waals surface area contributed by atoms with Crippen LogP contribution in [0.15, 0.2) is 133 Å². The van der Waals surface area contributed by atoms with Crippen LogP contribution in [0.1, 0.15) is 50.6 Å². The number of hydrogen-bond donors (Lipinski definition) is 0. The molecule has 1 aliphatic rings. The molecule has 0 aliphatic carbocycles. The zero-order valence-corrected chi connectivity index (χ0v) is 34.6. The highest BCUT2D eigenvalue weighted by Gasteiger charge is 2.43. The molecule has 0 spiro atoms. The first-order chi connectivity index (χ1) is 26.6. The fourth-order valence-electron chi connectivity index (χ4n) is 8.61. The van der Waals surface area contributed by atoms with Gasteiger partial charge in [0, 0.05) is 18.7 Å². The van der Waals surface area contributed by atoms with Gasteiger partial charge in [0.25, 0.3) is 7.77 Å². The Kier molecular flexibility index (Phi) is 10.4. The zero-order valence-electron chi connectivity index (χ0n) is 32.2. The van der Waals surface area contributed by atoms with Gasteiger partial charge >= 0.3 is 5.54 Å². The maximum Gasteiger partial charge on any atom is 0.321 e. The second kappa shape index (κ2) is 15.4. The van der Waals surface area contributed by atoms with E-state index in [-0.39, 0.29) is 0 Å². The van der Waals surface area contributed by atoms with E-state index in [9.17, 15) is 0 Å². The first-order valence-electron chi connectivity index (χ1n) is 18.9. The van der Waals surface area contributed by atoms with Gasteiger partial charge in [-0.3, -0.25) is 9.80 Å². The third kappa shape index (κ3) is 7.01. The second-order valence-corrected chi connectivity index (χ2v) is 17.3. The van der Waals surface area contributed by atoms with Crippen molar-refractivity contribution in [1.82, 2.24) is 0 Å². The average molecular weight is 780 g/mol. The van der Waals surface area contributed by atoms with Crippen LogP contribution in [0.4, 0.5) is 11.4 Å². The monoisotopic (exact) mass is 778 g/mol. The van der Waals surface area contributed by atoms with E-state index in [2.05, 4.69) is 167 Å². The minimum atomic E-state index is -1.56. The molecule has 276 valence electrons. The third-order valence-electron chi connectivity index (χ3n) is 10.7. The number of benzene rings is 6. The first-order valence-corrected chi connectivity index (χ1v) is 20.9. The van der Waals surface area contributed by atoms with Crippen LogP contribution in [0, 0.1) is 41.5 Å². The third-order valence-corrected chi connectivity index (χ3v) is 13.6. The van der Waals surface area contributed by atoms with Gasteiger partial charge in [-0.05, 0) is 75.4 Å². The van der Waals surface area contributed by atoms with Crippen molar-refractivity contribution in [2.24, 2.45) is 0 Å². The van der Waals surface area contributed by atoms with Crippen LogP contribution in [0.25, 0.3) is 21.9 Å². The van der Waals surface area contributed by atoms with Crippen LogP contribution >= 0.6 is 31.0 Å². The fourth-order valence-corrected chi connectivity index (χ4v) is 11.4. The van der Waals surface area contributed by atoms with E-state index >= 15 is 0 Å². The van der Waals surface area contributed by atoms with E-state index < -0.39 is 13.9 Å². The highest BCUT2D eigenvalue weighted by molar-refractivity contribution is 7.63. The van der Waals surface area contributed by atoms with Gasteiger partial charge in [0.05, 0.1) is 21.4 Å². The quantitative estimate of drug-likeness (QED) is 0.113. The molecule has 55 heavy (non-hydrogen) atoms. The van der Waals surface area contributed by atoms with Gasteiger partial charge in [0.15, 0.2) is 6.10 Å². The van der Waals surface area contributed by atoms with Gasteiger partial charge in [-0.15, -0.1) is 29.1 Å². The van der Waals surface area contributed by atoms with Crippen molar-refractivity contribution in [3.63, 3.8) is 0 Å². The summed E-state index contributed by atoms with van der Waals surface area (Å²) >= 11 is 13.9. The van der Waals surface area contributed by atoms with Gasteiger partial charge < -0.3 is 0 Å². The molecule has 1 saturated heterocycles. The van der Waals surface area contributed by atoms with Crippen LogP contribution in [0.2, 0.25) is 10.0 Å². The predicted molar refractivity (Wildman–Crippen MR) is 238 cm³/mol. The second-order valence-electron chi connectivity index (χ2n) is 14.8. The lowest BCUT2D eigenvalue weighted by molar-refractivity contribution is 0.287. The van der Waals surface area contributed by atoms with Gasteiger partial charge in [0.1, 0.15) is 5.30 Å². The Morgan fingerprint density at radius 3 is 1.73 bits per heavy atom. The van der Waals surface area contributed by atoms with Crippen molar-refractivity contribution < 1.29 is 4.52 Å². The van der Waals surface area contributed by atoms with E-state index in [0.717, 1.165) is 29.8 Å². The van der Waals surface area contributed by atoms with E-state index in [1.807, 2.05) is 18.2 Å². The van der Waals surface area contributed by atoms with Gasteiger partial charge in [-0.25, -0.2) is 0 Å². The molecule has 3 nitrogen and oxygen atoms in total. The molecule has 0 aromatic heterocycles. The van der Waals surface area contributed by atoms with E-state index in [4.69, 9.17) is 27.7 Å². The first kappa shape index (κ1) is 37.2. The molecule has 0 bridgehead atoms. The summed E-state index contributed by atoms with van der Waals surface area (Å²) < 4.78 is 7.90. The molecular formula is C49H45Cl2N2OP. The number of anilines is 2. The maximum absolute atomic E-state index is 7.90. The highest BCUT2D eigenvalue weighted by Crippen LogP contribution is 2.48. The Balaban J connectivity index is 1.50. The number of rotatable bonds is 8. The molecule has 8 rings (SSSR count). The number of hydrogen-bond acceptors (Lipinski definition) is 1. The number of nitrogens with zero attached hydrogens (tertiary/aromatic N) is 2. The predicted octanol–water partition coefficient (Wildman–Crippen LogP) is 13.3. The molecule has 0 N–H and O–H groups in total. The zero-order chi connectivity index (χ0) is 38.4. The van der Waals surface area contributed by atoms with Crippen LogP contribution in [-0.4, -0.2) is 18.6 Å². The van der Waals surface area contributed by atoms with Crippen molar-refractivity contribution in [2.45, 2.75) is 47.6 Å². The number of fused-ring (bicyclic) bond motifs is 1. The Morgan fingerprint density at radius 1 is 0.618 bits per heavy atom. The van der Waals surface area contributed by atoms with Crippen LogP contribution in [0.3, 0.4) is 0 Å². The molecule has 2 atom stereocenters. The molecular weight excluding hydrogens is 734 g/mol. The number of aryl methyl sites for hydroxylation is 6. The lowest BCUT2D eigenvalue weighted by Gasteiger charge is -2.27. The maximum atomic E-state index is 7.90. The standard InChI is InChI=1S/C49H45Cl2N2OP/c1-31-26-33(3)46(34(4)27-31)52-24-25-53(47-35(5)28-32(2)29-36(47)6)49(52)55(44-30-42(37-16-9-7-10-17-37)39-20-13-14-21-40(39)44)54-48(38-18-11-8-12-19-38)41-22-15-23-43(50)45(41)51/h7-23,26-30,48H,24-25H2,1-6H3. The van der Waals surface area contributed by atoms with Crippen LogP contribution in [-0.2, 0) is 4.52 Å². The molecule has 6 heteroatoms. The van der Waals surface area contributed by atoms with E-state index in [1.54, 1.807) is 0 Å². The van der Waals surface area contributed by atoms with Gasteiger partial charge in [-0.2, -0.15) is 4.52 Å². The van der Waals surface area contributed by atoms with Gasteiger partial charge in [-0.1, -0.05) is 154 Å². The largest absolute Gasteiger partial charge is 0.321 e. The van der Waals surface area contributed by atoms with Crippen molar-refractivity contribution in [1.29, 1.82) is 0 Å². The van der Waals surface area contributed by atoms with E-state index in [1.165, 1.54) is 72.0 Å². The van der Waals surface area contributed by atoms with Gasteiger partial charge in [0.2, 0.25) is 0 Å². The highest BCUT2D eigenvalue weighted by atomic mass is 35.5. The van der Waals surface area contributed by atoms with Crippen LogP contribution < -0.4 is 15.1 Å². The minimum Gasteiger partial charge on any atom is -0.288 e.